The minimum Gasteiger partial charge on any atom is -0.493 e. The maximum absolute atomic E-state index is 5.97. The van der Waals surface area contributed by atoms with Gasteiger partial charge >= 0.3 is 0 Å². The maximum atomic E-state index is 5.97. The van der Waals surface area contributed by atoms with Gasteiger partial charge in [0.15, 0.2) is 5.65 Å². The molecule has 3 N–H and O–H groups in total. The Hall–Kier alpha value is -3.32. The van der Waals surface area contributed by atoms with E-state index in [1.807, 2.05) is 13.1 Å². The standard InChI is InChI=1S/C20H25N3O.C12H19N3/c1-5-15-10-16(6-7-19(15)24-9-8-13(2)3)17-11-18-20(21-12-17)23-14(4)22-18;1-8-9-6-12(2,3)5-4-10(9)15-11(7-13)14-8/h6-7,10-13H,5,8-9H2,1-4H3,(H,21,22,23);4-7,13H2,1-3H3. The highest BCUT2D eigenvalue weighted by atomic mass is 16.5. The number of nitrogens with two attached hydrogens (primary N) is 1. The number of rotatable bonds is 7. The highest BCUT2D eigenvalue weighted by molar-refractivity contribution is 5.78. The molecule has 0 bridgehead atoms. The molecule has 3 heterocycles. The van der Waals surface area contributed by atoms with Gasteiger partial charge < -0.3 is 15.5 Å². The Morgan fingerprint density at radius 2 is 1.87 bits per heavy atom. The Kier molecular flexibility index (Phi) is 9.01. The van der Waals surface area contributed by atoms with Crippen LogP contribution >= 0.6 is 0 Å². The van der Waals surface area contributed by atoms with Crippen molar-refractivity contribution in [3.05, 3.63) is 64.6 Å². The van der Waals surface area contributed by atoms with Gasteiger partial charge in [-0.1, -0.05) is 40.7 Å². The van der Waals surface area contributed by atoms with E-state index in [1.54, 1.807) is 0 Å². The molecular formula is C32H44N6O. The molecule has 0 unspecified atom stereocenters. The minimum absolute atomic E-state index is 0.394. The van der Waals surface area contributed by atoms with Crippen LogP contribution in [-0.2, 0) is 25.8 Å². The zero-order chi connectivity index (χ0) is 28.2. The van der Waals surface area contributed by atoms with E-state index < -0.39 is 0 Å². The quantitative estimate of drug-likeness (QED) is 0.277. The number of aromatic amines is 1. The van der Waals surface area contributed by atoms with Crippen molar-refractivity contribution in [3.8, 4) is 16.9 Å². The third-order valence-corrected chi connectivity index (χ3v) is 7.41. The number of nitrogens with zero attached hydrogens (tertiary/aromatic N) is 4. The smallest absolute Gasteiger partial charge is 0.177 e. The highest BCUT2D eigenvalue weighted by Crippen LogP contribution is 2.35. The Labute approximate surface area is 233 Å². The number of ether oxygens (including phenoxy) is 1. The van der Waals surface area contributed by atoms with Gasteiger partial charge in [-0.15, -0.1) is 0 Å². The number of nitrogens with one attached hydrogen (secondary N) is 1. The van der Waals surface area contributed by atoms with E-state index >= 15 is 0 Å². The van der Waals surface area contributed by atoms with Gasteiger partial charge in [0, 0.05) is 23.1 Å². The lowest BCUT2D eigenvalue weighted by atomic mass is 9.75. The molecule has 7 nitrogen and oxygen atoms in total. The summed E-state index contributed by atoms with van der Waals surface area (Å²) in [7, 11) is 0. The number of aryl methyl sites for hydroxylation is 4. The molecule has 4 aromatic rings. The predicted molar refractivity (Wildman–Crippen MR) is 159 cm³/mol. The van der Waals surface area contributed by atoms with Gasteiger partial charge in [-0.25, -0.2) is 19.9 Å². The van der Waals surface area contributed by atoms with Gasteiger partial charge in [0.1, 0.15) is 17.4 Å². The molecule has 0 aliphatic heterocycles. The molecule has 0 spiro atoms. The van der Waals surface area contributed by atoms with Gasteiger partial charge in [0.2, 0.25) is 0 Å². The monoisotopic (exact) mass is 528 g/mol. The summed E-state index contributed by atoms with van der Waals surface area (Å²) in [6.07, 6.45) is 7.28. The van der Waals surface area contributed by atoms with Crippen LogP contribution in [0.1, 0.15) is 81.6 Å². The van der Waals surface area contributed by atoms with Crippen molar-refractivity contribution in [3.63, 3.8) is 0 Å². The first-order valence-electron chi connectivity index (χ1n) is 14.2. The SMILES string of the molecule is CCc1cc(-c2cnc3nc(C)[nH]c3c2)ccc1OCCC(C)C.Cc1nc(CN)nc2c1CC(C)(C)CC2. The molecular weight excluding hydrogens is 484 g/mol. The van der Waals surface area contributed by atoms with E-state index in [1.165, 1.54) is 23.2 Å². The van der Waals surface area contributed by atoms with E-state index in [0.717, 1.165) is 77.7 Å². The molecule has 0 atom stereocenters. The molecule has 1 aliphatic rings. The van der Waals surface area contributed by atoms with Crippen LogP contribution in [0.15, 0.2) is 30.5 Å². The van der Waals surface area contributed by atoms with Crippen molar-refractivity contribution < 1.29 is 4.74 Å². The summed E-state index contributed by atoms with van der Waals surface area (Å²) < 4.78 is 5.97. The normalized spacial score (nSPS) is 14.2. The van der Waals surface area contributed by atoms with Crippen LogP contribution in [0.25, 0.3) is 22.3 Å². The number of hydrogen-bond acceptors (Lipinski definition) is 6. The van der Waals surface area contributed by atoms with Crippen molar-refractivity contribution in [2.24, 2.45) is 17.1 Å². The maximum Gasteiger partial charge on any atom is 0.177 e. The lowest BCUT2D eigenvalue weighted by molar-refractivity contribution is 0.287. The minimum atomic E-state index is 0.394. The number of imidazole rings is 1. The molecule has 1 aromatic carbocycles. The van der Waals surface area contributed by atoms with Gasteiger partial charge in [0.05, 0.1) is 18.7 Å². The van der Waals surface area contributed by atoms with E-state index in [2.05, 4.69) is 90.7 Å². The van der Waals surface area contributed by atoms with E-state index in [9.17, 15) is 0 Å². The van der Waals surface area contributed by atoms with Crippen LogP contribution in [0.3, 0.4) is 0 Å². The number of benzene rings is 1. The van der Waals surface area contributed by atoms with Crippen LogP contribution < -0.4 is 10.5 Å². The molecule has 39 heavy (non-hydrogen) atoms. The van der Waals surface area contributed by atoms with Crippen molar-refractivity contribution in [2.75, 3.05) is 6.61 Å². The van der Waals surface area contributed by atoms with Crippen LogP contribution in [0.5, 0.6) is 5.75 Å². The fourth-order valence-corrected chi connectivity index (χ4v) is 5.03. The molecule has 0 fully saturated rings. The fourth-order valence-electron chi connectivity index (χ4n) is 5.03. The first-order valence-corrected chi connectivity index (χ1v) is 14.2. The van der Waals surface area contributed by atoms with E-state index in [4.69, 9.17) is 10.5 Å². The van der Waals surface area contributed by atoms with E-state index in [0.29, 0.717) is 17.9 Å². The second kappa shape index (κ2) is 12.2. The van der Waals surface area contributed by atoms with Crippen molar-refractivity contribution in [2.45, 2.75) is 87.1 Å². The Bertz CT molecular complexity index is 1420. The molecule has 0 radical (unpaired) electrons. The summed E-state index contributed by atoms with van der Waals surface area (Å²) in [5, 5.41) is 0. The Balaban J connectivity index is 0.000000202. The molecule has 3 aromatic heterocycles. The Morgan fingerprint density at radius 1 is 1.08 bits per heavy atom. The molecule has 208 valence electrons. The Morgan fingerprint density at radius 3 is 2.59 bits per heavy atom. The molecule has 0 saturated heterocycles. The largest absolute Gasteiger partial charge is 0.493 e. The predicted octanol–water partition coefficient (Wildman–Crippen LogP) is 6.68. The van der Waals surface area contributed by atoms with Crippen LogP contribution in [0.4, 0.5) is 0 Å². The van der Waals surface area contributed by atoms with Crippen molar-refractivity contribution in [1.82, 2.24) is 24.9 Å². The molecule has 1 aliphatic carbocycles. The van der Waals surface area contributed by atoms with Crippen LogP contribution in [0, 0.1) is 25.2 Å². The van der Waals surface area contributed by atoms with Crippen molar-refractivity contribution in [1.29, 1.82) is 0 Å². The van der Waals surface area contributed by atoms with Gasteiger partial charge in [-0.3, -0.25) is 0 Å². The lowest BCUT2D eigenvalue weighted by Crippen LogP contribution is -2.25. The van der Waals surface area contributed by atoms with Crippen LogP contribution in [0.2, 0.25) is 0 Å². The third kappa shape index (κ3) is 7.21. The zero-order valence-corrected chi connectivity index (χ0v) is 24.7. The van der Waals surface area contributed by atoms with Gasteiger partial charge in [-0.05, 0) is 92.2 Å². The summed E-state index contributed by atoms with van der Waals surface area (Å²) in [5.41, 5.74) is 14.9. The number of fused-ring (bicyclic) bond motifs is 2. The summed E-state index contributed by atoms with van der Waals surface area (Å²) >= 11 is 0. The number of pyridine rings is 1. The first kappa shape index (κ1) is 28.7. The summed E-state index contributed by atoms with van der Waals surface area (Å²) in [4.78, 5) is 21.0. The van der Waals surface area contributed by atoms with Crippen LogP contribution in [-0.4, -0.2) is 31.5 Å². The molecule has 7 heteroatoms. The summed E-state index contributed by atoms with van der Waals surface area (Å²) in [6, 6.07) is 8.50. The number of H-pyrrole nitrogens is 1. The van der Waals surface area contributed by atoms with Gasteiger partial charge in [-0.2, -0.15) is 0 Å². The second-order valence-electron chi connectivity index (χ2n) is 11.8. The number of aromatic nitrogens is 5. The number of hydrogen-bond donors (Lipinski definition) is 2. The molecule has 0 saturated carbocycles. The third-order valence-electron chi connectivity index (χ3n) is 7.41. The van der Waals surface area contributed by atoms with E-state index in [-0.39, 0.29) is 0 Å². The topological polar surface area (TPSA) is 103 Å². The fraction of sp³-hybridized carbons (Fsp3) is 0.500. The first-order chi connectivity index (χ1) is 18.6. The average molecular weight is 529 g/mol. The van der Waals surface area contributed by atoms with Gasteiger partial charge in [0.25, 0.3) is 0 Å². The average Bonchev–Trinajstić information content (AvgIpc) is 3.28. The molecule has 0 amide bonds. The van der Waals surface area contributed by atoms with Crippen molar-refractivity contribution >= 4 is 11.2 Å². The zero-order valence-electron chi connectivity index (χ0n) is 24.7. The second-order valence-corrected chi connectivity index (χ2v) is 11.8. The molecule has 5 rings (SSSR count). The lowest BCUT2D eigenvalue weighted by Gasteiger charge is -2.31. The summed E-state index contributed by atoms with van der Waals surface area (Å²) in [6.45, 7) is 16.4. The highest BCUT2D eigenvalue weighted by Gasteiger charge is 2.27. The summed E-state index contributed by atoms with van der Waals surface area (Å²) in [5.74, 6) is 3.32.